The summed E-state index contributed by atoms with van der Waals surface area (Å²) in [6.07, 6.45) is 0. The zero-order valence-electron chi connectivity index (χ0n) is 9.75. The predicted molar refractivity (Wildman–Crippen MR) is 77.6 cm³/mol. The largest absolute Gasteiger partial charge is 0.379 e. The van der Waals surface area contributed by atoms with Gasteiger partial charge in [0.05, 0.1) is 17.3 Å². The highest BCUT2D eigenvalue weighted by Gasteiger charge is 2.05. The number of halogens is 3. The van der Waals surface area contributed by atoms with Gasteiger partial charge in [-0.05, 0) is 35.9 Å². The van der Waals surface area contributed by atoms with Crippen LogP contribution in [0.1, 0.15) is 11.1 Å². The van der Waals surface area contributed by atoms with Gasteiger partial charge in [-0.1, -0.05) is 33.6 Å². The third-order valence-electron chi connectivity index (χ3n) is 2.58. The van der Waals surface area contributed by atoms with Crippen molar-refractivity contribution in [2.24, 2.45) is 0 Å². The smallest absolute Gasteiger partial charge is 0.146 e. The molecule has 0 aromatic heterocycles. The van der Waals surface area contributed by atoms with E-state index in [0.717, 1.165) is 10.0 Å². The van der Waals surface area contributed by atoms with Crippen LogP contribution >= 0.6 is 27.5 Å². The second-order valence-corrected chi connectivity index (χ2v) is 5.22. The highest BCUT2D eigenvalue weighted by molar-refractivity contribution is 9.10. The summed E-state index contributed by atoms with van der Waals surface area (Å²) >= 11 is 9.34. The van der Waals surface area contributed by atoms with Crippen molar-refractivity contribution in [3.05, 3.63) is 62.8 Å². The van der Waals surface area contributed by atoms with Crippen molar-refractivity contribution in [1.82, 2.24) is 0 Å². The molecule has 0 amide bonds. The van der Waals surface area contributed by atoms with Crippen molar-refractivity contribution in [1.29, 1.82) is 5.26 Å². The van der Waals surface area contributed by atoms with Gasteiger partial charge in [0, 0.05) is 16.0 Å². The quantitative estimate of drug-likeness (QED) is 0.878. The summed E-state index contributed by atoms with van der Waals surface area (Å²) in [5.74, 6) is -0.326. The molecule has 0 saturated heterocycles. The monoisotopic (exact) mass is 338 g/mol. The van der Waals surface area contributed by atoms with Gasteiger partial charge in [0.25, 0.3) is 0 Å². The van der Waals surface area contributed by atoms with Crippen LogP contribution in [-0.4, -0.2) is 0 Å². The zero-order chi connectivity index (χ0) is 13.8. The van der Waals surface area contributed by atoms with Crippen molar-refractivity contribution in [2.45, 2.75) is 6.54 Å². The Hall–Kier alpha value is -1.57. The highest BCUT2D eigenvalue weighted by Crippen LogP contribution is 2.23. The van der Waals surface area contributed by atoms with E-state index < -0.39 is 0 Å². The lowest BCUT2D eigenvalue weighted by molar-refractivity contribution is 0.630. The molecule has 0 aliphatic rings. The molecular formula is C14H9BrClFN2. The summed E-state index contributed by atoms with van der Waals surface area (Å²) in [6, 6.07) is 11.7. The lowest BCUT2D eigenvalue weighted by Gasteiger charge is -2.09. The topological polar surface area (TPSA) is 35.8 Å². The Morgan fingerprint density at radius 2 is 2.05 bits per heavy atom. The maximum atomic E-state index is 13.5. The van der Waals surface area contributed by atoms with Crippen LogP contribution in [0.5, 0.6) is 0 Å². The summed E-state index contributed by atoms with van der Waals surface area (Å²) in [5, 5.41) is 12.2. The van der Waals surface area contributed by atoms with Crippen LogP contribution in [0.25, 0.3) is 0 Å². The SMILES string of the molecule is N#Cc1ccc(CNc2cc(Br)ccc2F)c(Cl)c1. The minimum atomic E-state index is -0.326. The first-order valence-electron chi connectivity index (χ1n) is 5.47. The van der Waals surface area contributed by atoms with E-state index in [1.165, 1.54) is 6.07 Å². The van der Waals surface area contributed by atoms with Crippen LogP contribution in [0.4, 0.5) is 10.1 Å². The average molecular weight is 340 g/mol. The fourth-order valence-corrected chi connectivity index (χ4v) is 2.19. The van der Waals surface area contributed by atoms with Gasteiger partial charge in [-0.25, -0.2) is 4.39 Å². The van der Waals surface area contributed by atoms with Gasteiger partial charge in [0.1, 0.15) is 5.82 Å². The summed E-state index contributed by atoms with van der Waals surface area (Å²) in [4.78, 5) is 0. The van der Waals surface area contributed by atoms with Crippen molar-refractivity contribution >= 4 is 33.2 Å². The van der Waals surface area contributed by atoms with Crippen molar-refractivity contribution in [2.75, 3.05) is 5.32 Å². The highest BCUT2D eigenvalue weighted by atomic mass is 79.9. The van der Waals surface area contributed by atoms with Gasteiger partial charge in [0.15, 0.2) is 0 Å². The van der Waals surface area contributed by atoms with Gasteiger partial charge in [-0.2, -0.15) is 5.26 Å². The first-order chi connectivity index (χ1) is 9.10. The molecule has 2 aromatic rings. The molecule has 0 fully saturated rings. The number of benzene rings is 2. The average Bonchev–Trinajstić information content (AvgIpc) is 2.40. The zero-order valence-corrected chi connectivity index (χ0v) is 12.1. The molecular weight excluding hydrogens is 331 g/mol. The Bertz CT molecular complexity index is 652. The van der Waals surface area contributed by atoms with Crippen LogP contribution in [0.2, 0.25) is 5.02 Å². The van der Waals surface area contributed by atoms with E-state index in [2.05, 4.69) is 21.2 Å². The Labute approximate surface area is 123 Å². The minimum Gasteiger partial charge on any atom is -0.379 e. The van der Waals surface area contributed by atoms with Crippen molar-refractivity contribution < 1.29 is 4.39 Å². The van der Waals surface area contributed by atoms with E-state index in [0.29, 0.717) is 22.8 Å². The van der Waals surface area contributed by atoms with E-state index in [9.17, 15) is 4.39 Å². The molecule has 2 nitrogen and oxygen atoms in total. The molecule has 1 N–H and O–H groups in total. The summed E-state index contributed by atoms with van der Waals surface area (Å²) in [7, 11) is 0. The number of nitriles is 1. The third kappa shape index (κ3) is 3.46. The maximum absolute atomic E-state index is 13.5. The summed E-state index contributed by atoms with van der Waals surface area (Å²) < 4.78 is 14.3. The minimum absolute atomic E-state index is 0.326. The molecule has 2 rings (SSSR count). The first kappa shape index (κ1) is 13.9. The van der Waals surface area contributed by atoms with Crippen LogP contribution in [0, 0.1) is 17.1 Å². The fourth-order valence-electron chi connectivity index (χ4n) is 1.58. The number of anilines is 1. The molecule has 19 heavy (non-hydrogen) atoms. The molecule has 0 atom stereocenters. The van der Waals surface area contributed by atoms with E-state index in [1.54, 1.807) is 30.3 Å². The van der Waals surface area contributed by atoms with E-state index in [1.807, 2.05) is 6.07 Å². The van der Waals surface area contributed by atoms with Gasteiger partial charge >= 0.3 is 0 Å². The maximum Gasteiger partial charge on any atom is 0.146 e. The molecule has 0 unspecified atom stereocenters. The molecule has 0 heterocycles. The molecule has 96 valence electrons. The molecule has 0 aliphatic heterocycles. The molecule has 0 spiro atoms. The standard InChI is InChI=1S/C14H9BrClFN2/c15-11-3-4-13(17)14(6-11)19-8-10-2-1-9(7-18)5-12(10)16/h1-6,19H,8H2. The predicted octanol–water partition coefficient (Wildman–Crippen LogP) is 4.73. The summed E-state index contributed by atoms with van der Waals surface area (Å²) in [5.41, 5.74) is 1.71. The van der Waals surface area contributed by atoms with Crippen molar-refractivity contribution in [3.8, 4) is 6.07 Å². The Morgan fingerprint density at radius 1 is 1.26 bits per heavy atom. The molecule has 5 heteroatoms. The number of nitrogens with zero attached hydrogens (tertiary/aromatic N) is 1. The number of rotatable bonds is 3. The second kappa shape index (κ2) is 6.05. The molecule has 0 radical (unpaired) electrons. The molecule has 0 saturated carbocycles. The van der Waals surface area contributed by atoms with Gasteiger partial charge in [-0.3, -0.25) is 0 Å². The normalized spacial score (nSPS) is 10.0. The van der Waals surface area contributed by atoms with E-state index in [4.69, 9.17) is 16.9 Å². The second-order valence-electron chi connectivity index (χ2n) is 3.90. The van der Waals surface area contributed by atoms with Crippen LogP contribution in [-0.2, 0) is 6.54 Å². The van der Waals surface area contributed by atoms with Crippen LogP contribution < -0.4 is 5.32 Å². The van der Waals surface area contributed by atoms with Crippen molar-refractivity contribution in [3.63, 3.8) is 0 Å². The van der Waals surface area contributed by atoms with E-state index in [-0.39, 0.29) is 5.82 Å². The molecule has 0 bridgehead atoms. The Kier molecular flexibility index (Phi) is 4.41. The first-order valence-corrected chi connectivity index (χ1v) is 6.64. The third-order valence-corrected chi connectivity index (χ3v) is 3.42. The van der Waals surface area contributed by atoms with Crippen LogP contribution in [0.15, 0.2) is 40.9 Å². The molecule has 2 aromatic carbocycles. The van der Waals surface area contributed by atoms with Gasteiger partial charge in [-0.15, -0.1) is 0 Å². The lowest BCUT2D eigenvalue weighted by Crippen LogP contribution is -2.02. The Balaban J connectivity index is 2.15. The fraction of sp³-hybridized carbons (Fsp3) is 0.0714. The number of nitrogens with one attached hydrogen (secondary N) is 1. The molecule has 0 aliphatic carbocycles. The Morgan fingerprint density at radius 3 is 2.74 bits per heavy atom. The lowest BCUT2D eigenvalue weighted by atomic mass is 10.1. The van der Waals surface area contributed by atoms with E-state index >= 15 is 0 Å². The number of hydrogen-bond acceptors (Lipinski definition) is 2. The number of hydrogen-bond donors (Lipinski definition) is 1. The van der Waals surface area contributed by atoms with Gasteiger partial charge < -0.3 is 5.32 Å². The summed E-state index contributed by atoms with van der Waals surface area (Å²) in [6.45, 7) is 0.387. The van der Waals surface area contributed by atoms with Gasteiger partial charge in [0.2, 0.25) is 0 Å². The van der Waals surface area contributed by atoms with Crippen LogP contribution in [0.3, 0.4) is 0 Å².